The lowest BCUT2D eigenvalue weighted by atomic mass is 10.2. The molecule has 1 heterocycles. The summed E-state index contributed by atoms with van der Waals surface area (Å²) in [6.45, 7) is 7.63. The predicted octanol–water partition coefficient (Wildman–Crippen LogP) is 1.78. The molecular weight excluding hydrogens is 346 g/mol. The second-order valence-electron chi connectivity index (χ2n) is 5.08. The second kappa shape index (κ2) is 8.74. The first-order valence-electron chi connectivity index (χ1n) is 6.44. The second-order valence-corrected chi connectivity index (χ2v) is 6.33. The van der Waals surface area contributed by atoms with Crippen LogP contribution >= 0.6 is 28.7 Å². The maximum atomic E-state index is 11.8. The average molecular weight is 370 g/mol. The number of amidine groups is 1. The fourth-order valence-electron chi connectivity index (χ4n) is 1.65. The number of carbonyl (C=O) groups is 1. The molecule has 0 spiro atoms. The fourth-order valence-corrected chi connectivity index (χ4v) is 2.29. The van der Waals surface area contributed by atoms with Gasteiger partial charge in [0, 0.05) is 26.2 Å². The van der Waals surface area contributed by atoms with E-state index in [4.69, 9.17) is 10.1 Å². The first kappa shape index (κ1) is 19.5. The third-order valence-electron chi connectivity index (χ3n) is 2.66. The third kappa shape index (κ3) is 6.81. The van der Waals surface area contributed by atoms with E-state index in [1.807, 2.05) is 11.8 Å². The van der Waals surface area contributed by atoms with E-state index >= 15 is 0 Å². The van der Waals surface area contributed by atoms with Crippen molar-refractivity contribution in [1.29, 1.82) is 5.41 Å². The molecule has 0 radical (unpaired) electrons. The summed E-state index contributed by atoms with van der Waals surface area (Å²) in [5.41, 5.74) is -1.00. The van der Waals surface area contributed by atoms with Crippen molar-refractivity contribution < 1.29 is 14.6 Å². The van der Waals surface area contributed by atoms with Gasteiger partial charge in [-0.1, -0.05) is 18.7 Å². The van der Waals surface area contributed by atoms with Gasteiger partial charge in [-0.05, 0) is 19.6 Å². The van der Waals surface area contributed by atoms with Crippen LogP contribution in [0.15, 0.2) is 0 Å². The number of carbonyl (C=O) groups excluding carboxylic acids is 1. The summed E-state index contributed by atoms with van der Waals surface area (Å²) < 4.78 is 5.05. The molecule has 0 atom stereocenters. The Morgan fingerprint density at radius 2 is 1.80 bits per heavy atom. The molecule has 0 saturated carbocycles. The lowest BCUT2D eigenvalue weighted by Gasteiger charge is -2.35. The van der Waals surface area contributed by atoms with Gasteiger partial charge >= 0.3 is 6.09 Å². The fraction of sp³-hybridized carbons (Fsp3) is 0.833. The average Bonchev–Trinajstić information content (AvgIpc) is 2.35. The van der Waals surface area contributed by atoms with Crippen LogP contribution in [0.2, 0.25) is 0 Å². The molecule has 6 nitrogen and oxygen atoms in total. The van der Waals surface area contributed by atoms with E-state index in [2.05, 4.69) is 0 Å². The van der Waals surface area contributed by atoms with Gasteiger partial charge in [-0.2, -0.15) is 0 Å². The number of amides is 1. The maximum Gasteiger partial charge on any atom is 0.409 e. The zero-order chi connectivity index (χ0) is 14.5. The van der Waals surface area contributed by atoms with Crippen molar-refractivity contribution in [3.8, 4) is 0 Å². The Hall–Kier alpha value is -0.470. The molecule has 1 aliphatic heterocycles. The first-order valence-corrected chi connectivity index (χ1v) is 7.42. The van der Waals surface area contributed by atoms with Crippen molar-refractivity contribution in [2.24, 2.45) is 0 Å². The summed E-state index contributed by atoms with van der Waals surface area (Å²) in [6, 6.07) is 0. The highest BCUT2D eigenvalue weighted by atomic mass is 79.9. The lowest BCUT2D eigenvalue weighted by Crippen LogP contribution is -2.50. The van der Waals surface area contributed by atoms with Gasteiger partial charge in [-0.25, -0.2) is 4.79 Å². The molecule has 118 valence electrons. The molecule has 0 aromatic rings. The van der Waals surface area contributed by atoms with Crippen LogP contribution in [0.3, 0.4) is 0 Å². The van der Waals surface area contributed by atoms with Gasteiger partial charge in [0.05, 0.1) is 5.60 Å². The van der Waals surface area contributed by atoms with E-state index in [9.17, 15) is 9.90 Å². The largest absolute Gasteiger partial charge is 0.446 e. The maximum absolute atomic E-state index is 11.8. The van der Waals surface area contributed by atoms with Crippen molar-refractivity contribution in [3.63, 3.8) is 0 Å². The lowest BCUT2D eigenvalue weighted by molar-refractivity contribution is -0.00616. The number of hydrogen-bond donors (Lipinski definition) is 2. The molecule has 1 fully saturated rings. The first-order chi connectivity index (χ1) is 8.83. The SMILES string of the molecule is Br.CCSC(=N)N1CCN(C(=O)OCC(C)(C)O)CC1. The van der Waals surface area contributed by atoms with E-state index in [1.54, 1.807) is 18.7 Å². The number of piperazine rings is 1. The highest BCUT2D eigenvalue weighted by molar-refractivity contribution is 8.93. The van der Waals surface area contributed by atoms with Crippen LogP contribution in [0.5, 0.6) is 0 Å². The summed E-state index contributed by atoms with van der Waals surface area (Å²) in [5, 5.41) is 17.9. The van der Waals surface area contributed by atoms with Gasteiger partial charge in [0.15, 0.2) is 5.17 Å². The third-order valence-corrected chi connectivity index (χ3v) is 3.48. The van der Waals surface area contributed by atoms with E-state index in [0.29, 0.717) is 31.3 Å². The number of halogens is 1. The van der Waals surface area contributed by atoms with Crippen molar-refractivity contribution in [2.75, 3.05) is 38.5 Å². The van der Waals surface area contributed by atoms with E-state index in [1.165, 1.54) is 11.8 Å². The Balaban J connectivity index is 0.00000361. The monoisotopic (exact) mass is 369 g/mol. The van der Waals surface area contributed by atoms with Crippen LogP contribution in [-0.4, -0.2) is 70.3 Å². The van der Waals surface area contributed by atoms with Crippen molar-refractivity contribution >= 4 is 40.0 Å². The predicted molar refractivity (Wildman–Crippen MR) is 87.0 cm³/mol. The van der Waals surface area contributed by atoms with Crippen LogP contribution in [0.25, 0.3) is 0 Å². The van der Waals surface area contributed by atoms with Crippen molar-refractivity contribution in [3.05, 3.63) is 0 Å². The number of nitrogens with zero attached hydrogens (tertiary/aromatic N) is 2. The van der Waals surface area contributed by atoms with Crippen LogP contribution in [-0.2, 0) is 4.74 Å². The topological polar surface area (TPSA) is 76.9 Å². The number of nitrogens with one attached hydrogen (secondary N) is 1. The summed E-state index contributed by atoms with van der Waals surface area (Å²) in [5.74, 6) is 0.882. The Bertz CT molecular complexity index is 328. The molecule has 1 amide bonds. The number of thioether (sulfide) groups is 1. The standard InChI is InChI=1S/C12H23N3O3S.BrH/c1-4-19-10(13)14-5-7-15(8-6-14)11(16)18-9-12(2,3)17;/h13,17H,4-9H2,1-3H3;1H. The summed E-state index contributed by atoms with van der Waals surface area (Å²) >= 11 is 1.50. The molecule has 0 aliphatic carbocycles. The van der Waals surface area contributed by atoms with Crippen LogP contribution in [0.4, 0.5) is 4.79 Å². The van der Waals surface area contributed by atoms with Crippen molar-refractivity contribution in [2.45, 2.75) is 26.4 Å². The Labute approximate surface area is 135 Å². The van der Waals surface area contributed by atoms with Gasteiger partial charge < -0.3 is 19.6 Å². The molecule has 8 heteroatoms. The van der Waals surface area contributed by atoms with E-state index < -0.39 is 11.7 Å². The molecule has 0 unspecified atom stereocenters. The molecule has 1 aliphatic rings. The zero-order valence-corrected chi connectivity index (χ0v) is 14.7. The normalized spacial score (nSPS) is 15.6. The molecule has 1 rings (SSSR count). The smallest absolute Gasteiger partial charge is 0.409 e. The van der Waals surface area contributed by atoms with Gasteiger partial charge in [-0.15, -0.1) is 17.0 Å². The molecule has 20 heavy (non-hydrogen) atoms. The van der Waals surface area contributed by atoms with E-state index in [0.717, 1.165) is 5.75 Å². The van der Waals surface area contributed by atoms with Gasteiger partial charge in [0.25, 0.3) is 0 Å². The van der Waals surface area contributed by atoms with Gasteiger partial charge in [-0.3, -0.25) is 5.41 Å². The number of ether oxygens (including phenoxy) is 1. The summed E-state index contributed by atoms with van der Waals surface area (Å²) in [4.78, 5) is 15.3. The van der Waals surface area contributed by atoms with Crippen molar-refractivity contribution in [1.82, 2.24) is 9.80 Å². The Morgan fingerprint density at radius 1 is 1.30 bits per heavy atom. The highest BCUT2D eigenvalue weighted by Gasteiger charge is 2.25. The molecule has 1 saturated heterocycles. The quantitative estimate of drug-likeness (QED) is 0.585. The Kier molecular flexibility index (Phi) is 8.53. The van der Waals surface area contributed by atoms with Gasteiger partial charge in [0.1, 0.15) is 6.61 Å². The highest BCUT2D eigenvalue weighted by Crippen LogP contribution is 2.11. The minimum atomic E-state index is -1.00. The van der Waals surface area contributed by atoms with Crippen LogP contribution < -0.4 is 0 Å². The molecule has 0 aromatic carbocycles. The number of rotatable bonds is 3. The molecule has 2 N–H and O–H groups in total. The minimum Gasteiger partial charge on any atom is -0.446 e. The molecular formula is C12H24BrN3O3S. The zero-order valence-electron chi connectivity index (χ0n) is 12.2. The number of hydrogen-bond acceptors (Lipinski definition) is 5. The summed E-state index contributed by atoms with van der Waals surface area (Å²) in [7, 11) is 0. The van der Waals surface area contributed by atoms with Crippen LogP contribution in [0, 0.1) is 5.41 Å². The molecule has 0 bridgehead atoms. The minimum absolute atomic E-state index is 0. The van der Waals surface area contributed by atoms with Crippen LogP contribution in [0.1, 0.15) is 20.8 Å². The van der Waals surface area contributed by atoms with E-state index in [-0.39, 0.29) is 23.6 Å². The summed E-state index contributed by atoms with van der Waals surface area (Å²) in [6.07, 6.45) is -0.392. The molecule has 0 aromatic heterocycles. The number of aliphatic hydroxyl groups is 1. The van der Waals surface area contributed by atoms with Gasteiger partial charge in [0.2, 0.25) is 0 Å². The Morgan fingerprint density at radius 3 is 2.25 bits per heavy atom.